The van der Waals surface area contributed by atoms with Crippen molar-refractivity contribution < 1.29 is 9.53 Å². The van der Waals surface area contributed by atoms with Crippen LogP contribution < -0.4 is 0 Å². The van der Waals surface area contributed by atoms with Gasteiger partial charge in [0.05, 0.1) is 6.54 Å². The molecular weight excluding hydrogens is 126 g/mol. The lowest BCUT2D eigenvalue weighted by atomic mass is 10.4. The molecule has 1 unspecified atom stereocenters. The molecule has 0 aromatic heterocycles. The summed E-state index contributed by atoms with van der Waals surface area (Å²) < 4.78 is 5.94. The molecule has 1 aliphatic heterocycles. The van der Waals surface area contributed by atoms with Gasteiger partial charge in [-0.1, -0.05) is 12.8 Å². The van der Waals surface area contributed by atoms with E-state index >= 15 is 0 Å². The van der Waals surface area contributed by atoms with Crippen LogP contribution in [0.3, 0.4) is 0 Å². The molecule has 0 bridgehead atoms. The van der Waals surface area contributed by atoms with Crippen LogP contribution in [0.15, 0.2) is 0 Å². The zero-order valence-electron chi connectivity index (χ0n) is 4.50. The Hall–Kier alpha value is -0.380. The normalized spacial score (nSPS) is 28.5. The zero-order valence-corrected chi connectivity index (χ0v) is 5.39. The lowest BCUT2D eigenvalue weighted by Crippen LogP contribution is -2.11. The van der Waals surface area contributed by atoms with Crippen molar-refractivity contribution >= 4 is 18.9 Å². The van der Waals surface area contributed by atoms with E-state index in [1.54, 1.807) is 0 Å². The van der Waals surface area contributed by atoms with Gasteiger partial charge in [0.25, 0.3) is 0 Å². The van der Waals surface area contributed by atoms with E-state index in [0.29, 0.717) is 6.54 Å². The number of carbonyl (C=O) groups is 1. The summed E-state index contributed by atoms with van der Waals surface area (Å²) in [6.07, 6.45) is -0.346. The minimum absolute atomic E-state index is 0.000000000000000222. The molecule has 0 aromatic rings. The van der Waals surface area contributed by atoms with Crippen molar-refractivity contribution in [3.8, 4) is 0 Å². The van der Waals surface area contributed by atoms with E-state index < -0.39 is 0 Å². The molecule has 1 fully saturated rings. The van der Waals surface area contributed by atoms with Crippen LogP contribution >= 0.6 is 12.8 Å². The average Bonchev–Trinajstić information content (AvgIpc) is 1.85. The van der Waals surface area contributed by atoms with Gasteiger partial charge in [0.1, 0.15) is 6.10 Å². The molecule has 8 heavy (non-hydrogen) atoms. The lowest BCUT2D eigenvalue weighted by molar-refractivity contribution is 0.145. The van der Waals surface area contributed by atoms with Crippen molar-refractivity contribution in [1.29, 1.82) is 0 Å². The van der Waals surface area contributed by atoms with Crippen molar-refractivity contribution in [2.45, 2.75) is 13.0 Å². The van der Waals surface area contributed by atoms with E-state index in [2.05, 4.69) is 17.6 Å². The highest BCUT2D eigenvalue weighted by Gasteiger charge is 2.24. The Morgan fingerprint density at radius 2 is 2.62 bits per heavy atom. The highest BCUT2D eigenvalue weighted by molar-refractivity contribution is 7.78. The number of carbonyl (C=O) groups excluding carboxylic acids is 1. The van der Waals surface area contributed by atoms with Crippen LogP contribution in [-0.4, -0.2) is 23.0 Å². The Morgan fingerprint density at radius 1 is 2.00 bits per heavy atom. The van der Waals surface area contributed by atoms with Crippen LogP contribution in [0.4, 0.5) is 4.79 Å². The van der Waals surface area contributed by atoms with Crippen LogP contribution in [0, 0.1) is 0 Å². The van der Waals surface area contributed by atoms with Crippen molar-refractivity contribution in [3.63, 3.8) is 0 Å². The van der Waals surface area contributed by atoms with Gasteiger partial charge in [0.2, 0.25) is 0 Å². The minimum Gasteiger partial charge on any atom is -0.444 e. The Bertz CT molecular complexity index is 117. The van der Waals surface area contributed by atoms with Gasteiger partial charge in [-0.3, -0.25) is 4.31 Å². The summed E-state index contributed by atoms with van der Waals surface area (Å²) in [4.78, 5) is 10.4. The fraction of sp³-hybridized carbons (Fsp3) is 0.750. The molecule has 0 spiro atoms. The topological polar surface area (TPSA) is 29.5 Å². The molecule has 1 heterocycles. The molecule has 46 valence electrons. The third kappa shape index (κ3) is 0.888. The molecule has 1 atom stereocenters. The van der Waals surface area contributed by atoms with E-state index in [1.165, 1.54) is 4.31 Å². The molecule has 0 aromatic carbocycles. The standard InChI is InChI=1S/C4H7NO2S/c1-3-2-5(8)4(6)7-3/h3,8H,2H2,1H3. The van der Waals surface area contributed by atoms with Gasteiger partial charge in [-0.2, -0.15) is 0 Å². The molecule has 0 N–H and O–H groups in total. The first-order valence-electron chi connectivity index (χ1n) is 2.37. The maximum atomic E-state index is 10.4. The molecule has 1 aliphatic rings. The second-order valence-corrected chi connectivity index (χ2v) is 2.26. The fourth-order valence-electron chi connectivity index (χ4n) is 0.588. The summed E-state index contributed by atoms with van der Waals surface area (Å²) >= 11 is 3.81. The third-order valence-electron chi connectivity index (χ3n) is 0.943. The highest BCUT2D eigenvalue weighted by atomic mass is 32.1. The number of hydrogen-bond donors (Lipinski definition) is 1. The minimum atomic E-state index is -0.346. The van der Waals surface area contributed by atoms with Crippen molar-refractivity contribution in [2.24, 2.45) is 0 Å². The maximum absolute atomic E-state index is 10.4. The Labute approximate surface area is 53.2 Å². The van der Waals surface area contributed by atoms with Gasteiger partial charge in [0.15, 0.2) is 0 Å². The van der Waals surface area contributed by atoms with E-state index in [4.69, 9.17) is 0 Å². The van der Waals surface area contributed by atoms with Crippen LogP contribution in [0.5, 0.6) is 0 Å². The van der Waals surface area contributed by atoms with E-state index in [1.807, 2.05) is 6.92 Å². The van der Waals surface area contributed by atoms with Crippen LogP contribution in [0.2, 0.25) is 0 Å². The molecular formula is C4H7NO2S. The summed E-state index contributed by atoms with van der Waals surface area (Å²) in [6, 6.07) is 0. The first kappa shape index (κ1) is 5.75. The Kier molecular flexibility index (Phi) is 1.33. The van der Waals surface area contributed by atoms with E-state index in [0.717, 1.165) is 0 Å². The number of nitrogens with zero attached hydrogens (tertiary/aromatic N) is 1. The molecule has 0 radical (unpaired) electrons. The van der Waals surface area contributed by atoms with Crippen molar-refractivity contribution in [2.75, 3.05) is 6.54 Å². The van der Waals surface area contributed by atoms with E-state index in [-0.39, 0.29) is 12.2 Å². The van der Waals surface area contributed by atoms with Gasteiger partial charge in [-0.25, -0.2) is 4.79 Å². The van der Waals surface area contributed by atoms with Gasteiger partial charge in [-0.15, -0.1) is 0 Å². The Morgan fingerprint density at radius 3 is 2.75 bits per heavy atom. The second kappa shape index (κ2) is 1.85. The number of ether oxygens (including phenoxy) is 1. The number of thiol groups is 1. The number of cyclic esters (lactones) is 1. The molecule has 1 rings (SSSR count). The number of rotatable bonds is 0. The largest absolute Gasteiger partial charge is 0.444 e. The van der Waals surface area contributed by atoms with E-state index in [9.17, 15) is 4.79 Å². The van der Waals surface area contributed by atoms with Gasteiger partial charge in [-0.05, 0) is 6.92 Å². The monoisotopic (exact) mass is 133 g/mol. The predicted molar refractivity (Wildman–Crippen MR) is 31.6 cm³/mol. The summed E-state index contributed by atoms with van der Waals surface area (Å²) in [7, 11) is 0. The molecule has 3 nitrogen and oxygen atoms in total. The quantitative estimate of drug-likeness (QED) is 0.492. The zero-order chi connectivity index (χ0) is 6.15. The van der Waals surface area contributed by atoms with Gasteiger partial charge in [0, 0.05) is 0 Å². The summed E-state index contributed by atoms with van der Waals surface area (Å²) in [5.41, 5.74) is 0. The average molecular weight is 133 g/mol. The summed E-state index contributed by atoms with van der Waals surface area (Å²) in [5, 5.41) is 0. The fourth-order valence-corrected chi connectivity index (χ4v) is 0.865. The van der Waals surface area contributed by atoms with Crippen molar-refractivity contribution in [1.82, 2.24) is 4.31 Å². The predicted octanol–water partition coefficient (Wildman–Crippen LogP) is 0.672. The number of amides is 1. The Balaban J connectivity index is 2.51. The SMILES string of the molecule is CC1CN(S)C(=O)O1. The number of hydrogen-bond acceptors (Lipinski definition) is 3. The first-order chi connectivity index (χ1) is 3.70. The molecule has 0 saturated carbocycles. The van der Waals surface area contributed by atoms with Crippen LogP contribution in [-0.2, 0) is 4.74 Å². The first-order valence-corrected chi connectivity index (χ1v) is 2.77. The molecule has 4 heteroatoms. The van der Waals surface area contributed by atoms with Gasteiger partial charge >= 0.3 is 6.09 Å². The smallest absolute Gasteiger partial charge is 0.420 e. The summed E-state index contributed by atoms with van der Waals surface area (Å²) in [5.74, 6) is 0. The maximum Gasteiger partial charge on any atom is 0.420 e. The molecule has 1 saturated heterocycles. The lowest BCUT2D eigenvalue weighted by Gasteiger charge is -1.97. The van der Waals surface area contributed by atoms with Crippen LogP contribution in [0.25, 0.3) is 0 Å². The third-order valence-corrected chi connectivity index (χ3v) is 1.27. The highest BCUT2D eigenvalue weighted by Crippen LogP contribution is 2.11. The molecule has 1 amide bonds. The summed E-state index contributed by atoms with van der Waals surface area (Å²) in [6.45, 7) is 2.41. The molecule has 0 aliphatic carbocycles. The van der Waals surface area contributed by atoms with Crippen molar-refractivity contribution in [3.05, 3.63) is 0 Å². The van der Waals surface area contributed by atoms with Gasteiger partial charge < -0.3 is 4.74 Å². The second-order valence-electron chi connectivity index (χ2n) is 1.78. The van der Waals surface area contributed by atoms with Crippen LogP contribution in [0.1, 0.15) is 6.92 Å².